The van der Waals surface area contributed by atoms with Crippen molar-refractivity contribution in [3.05, 3.63) is 42.5 Å². The first-order valence-electron chi connectivity index (χ1n) is 6.28. The molecule has 21 heavy (non-hydrogen) atoms. The molecule has 0 aromatic heterocycles. The van der Waals surface area contributed by atoms with Gasteiger partial charge in [-0.1, -0.05) is 6.07 Å². The van der Waals surface area contributed by atoms with E-state index in [1.54, 1.807) is 49.6 Å². The van der Waals surface area contributed by atoms with Crippen molar-refractivity contribution in [3.63, 3.8) is 0 Å². The average Bonchev–Trinajstić information content (AvgIpc) is 2.49. The minimum absolute atomic E-state index is 0.366. The number of benzene rings is 2. The van der Waals surface area contributed by atoms with Crippen LogP contribution in [-0.4, -0.2) is 20.3 Å². The molecular weight excluding hydrogens is 270 g/mol. The standard InChI is InChI=1S/C15H17N3O3/c1-20-12-5-3-4-10(8-12)17-15(19)18-11-6-7-13(16)14(9-11)21-2/h3-9H,16H2,1-2H3,(H2,17,18,19). The number of nitrogens with two attached hydrogens (primary N) is 1. The number of ether oxygens (including phenoxy) is 2. The molecule has 6 nitrogen and oxygen atoms in total. The summed E-state index contributed by atoms with van der Waals surface area (Å²) in [5.74, 6) is 1.18. The number of carbonyl (C=O) groups excluding carboxylic acids is 1. The quantitative estimate of drug-likeness (QED) is 0.755. The smallest absolute Gasteiger partial charge is 0.323 e. The summed E-state index contributed by atoms with van der Waals surface area (Å²) in [6.45, 7) is 0. The molecule has 0 heterocycles. The van der Waals surface area contributed by atoms with Gasteiger partial charge in [-0.25, -0.2) is 4.79 Å². The van der Waals surface area contributed by atoms with Gasteiger partial charge in [0.15, 0.2) is 0 Å². The molecule has 0 unspecified atom stereocenters. The molecule has 0 aliphatic rings. The summed E-state index contributed by atoms with van der Waals surface area (Å²) in [5, 5.41) is 5.42. The monoisotopic (exact) mass is 287 g/mol. The Hall–Kier alpha value is -2.89. The first kappa shape index (κ1) is 14.5. The molecule has 6 heteroatoms. The van der Waals surface area contributed by atoms with Crippen LogP contribution in [0.5, 0.6) is 11.5 Å². The van der Waals surface area contributed by atoms with Gasteiger partial charge < -0.3 is 25.8 Å². The Morgan fingerprint density at radius 2 is 1.71 bits per heavy atom. The zero-order valence-corrected chi connectivity index (χ0v) is 11.8. The molecule has 110 valence electrons. The zero-order chi connectivity index (χ0) is 15.2. The van der Waals surface area contributed by atoms with Crippen LogP contribution in [0.25, 0.3) is 0 Å². The Balaban J connectivity index is 2.04. The second-order valence-corrected chi connectivity index (χ2v) is 4.27. The highest BCUT2D eigenvalue weighted by molar-refractivity contribution is 6.00. The molecule has 0 aliphatic carbocycles. The normalized spacial score (nSPS) is 9.81. The van der Waals surface area contributed by atoms with E-state index >= 15 is 0 Å². The fraction of sp³-hybridized carbons (Fsp3) is 0.133. The van der Waals surface area contributed by atoms with E-state index in [1.807, 2.05) is 0 Å². The highest BCUT2D eigenvalue weighted by atomic mass is 16.5. The lowest BCUT2D eigenvalue weighted by atomic mass is 10.2. The Kier molecular flexibility index (Phi) is 4.50. The van der Waals surface area contributed by atoms with Gasteiger partial charge in [-0.05, 0) is 24.3 Å². The number of urea groups is 1. The van der Waals surface area contributed by atoms with E-state index in [0.29, 0.717) is 28.6 Å². The predicted octanol–water partition coefficient (Wildman–Crippen LogP) is 2.93. The summed E-state index contributed by atoms with van der Waals surface area (Å²) in [6.07, 6.45) is 0. The van der Waals surface area contributed by atoms with Crippen molar-refractivity contribution in [2.75, 3.05) is 30.6 Å². The van der Waals surface area contributed by atoms with Gasteiger partial charge in [-0.15, -0.1) is 0 Å². The summed E-state index contributed by atoms with van der Waals surface area (Å²) in [5.41, 5.74) is 7.45. The van der Waals surface area contributed by atoms with Crippen molar-refractivity contribution in [1.29, 1.82) is 0 Å². The number of hydrogen-bond donors (Lipinski definition) is 3. The minimum Gasteiger partial charge on any atom is -0.497 e. The third-order valence-electron chi connectivity index (χ3n) is 2.82. The van der Waals surface area contributed by atoms with Crippen LogP contribution in [0, 0.1) is 0 Å². The summed E-state index contributed by atoms with van der Waals surface area (Å²) in [4.78, 5) is 11.9. The van der Waals surface area contributed by atoms with Gasteiger partial charge in [0.1, 0.15) is 11.5 Å². The summed E-state index contributed by atoms with van der Waals surface area (Å²) < 4.78 is 10.2. The summed E-state index contributed by atoms with van der Waals surface area (Å²) >= 11 is 0. The molecule has 2 aromatic rings. The largest absolute Gasteiger partial charge is 0.497 e. The lowest BCUT2D eigenvalue weighted by Gasteiger charge is -2.10. The number of hydrogen-bond acceptors (Lipinski definition) is 4. The molecule has 0 fully saturated rings. The van der Waals surface area contributed by atoms with Gasteiger partial charge in [0.05, 0.1) is 19.9 Å². The maximum atomic E-state index is 11.9. The number of rotatable bonds is 4. The fourth-order valence-electron chi connectivity index (χ4n) is 1.78. The SMILES string of the molecule is COc1cccc(NC(=O)Nc2ccc(N)c(OC)c2)c1. The Bertz CT molecular complexity index is 644. The number of carbonyl (C=O) groups is 1. The fourth-order valence-corrected chi connectivity index (χ4v) is 1.78. The van der Waals surface area contributed by atoms with E-state index in [9.17, 15) is 4.79 Å². The summed E-state index contributed by atoms with van der Waals surface area (Å²) in [6, 6.07) is 11.7. The zero-order valence-electron chi connectivity index (χ0n) is 11.8. The van der Waals surface area contributed by atoms with E-state index in [0.717, 1.165) is 0 Å². The molecule has 0 spiro atoms. The van der Waals surface area contributed by atoms with E-state index in [1.165, 1.54) is 7.11 Å². The second kappa shape index (κ2) is 6.51. The van der Waals surface area contributed by atoms with Crippen LogP contribution >= 0.6 is 0 Å². The van der Waals surface area contributed by atoms with Crippen molar-refractivity contribution in [3.8, 4) is 11.5 Å². The van der Waals surface area contributed by atoms with Crippen molar-refractivity contribution < 1.29 is 14.3 Å². The Labute approximate surface area is 122 Å². The maximum absolute atomic E-state index is 11.9. The van der Waals surface area contributed by atoms with E-state index < -0.39 is 0 Å². The molecule has 0 saturated heterocycles. The number of methoxy groups -OCH3 is 2. The van der Waals surface area contributed by atoms with Crippen molar-refractivity contribution in [2.45, 2.75) is 0 Å². The number of nitrogens with one attached hydrogen (secondary N) is 2. The molecule has 0 bridgehead atoms. The number of anilines is 3. The summed E-state index contributed by atoms with van der Waals surface area (Å²) in [7, 11) is 3.09. The van der Waals surface area contributed by atoms with Crippen LogP contribution in [0.3, 0.4) is 0 Å². The molecule has 0 saturated carbocycles. The first-order valence-corrected chi connectivity index (χ1v) is 6.28. The van der Waals surface area contributed by atoms with Crippen LogP contribution in [0.4, 0.5) is 21.9 Å². The van der Waals surface area contributed by atoms with Crippen molar-refractivity contribution in [1.82, 2.24) is 0 Å². The molecule has 2 aromatic carbocycles. The van der Waals surface area contributed by atoms with E-state index in [2.05, 4.69) is 10.6 Å². The molecule has 0 aliphatic heterocycles. The molecule has 0 atom stereocenters. The minimum atomic E-state index is -0.366. The second-order valence-electron chi connectivity index (χ2n) is 4.27. The van der Waals surface area contributed by atoms with Crippen LogP contribution in [0.1, 0.15) is 0 Å². The van der Waals surface area contributed by atoms with Crippen LogP contribution in [0.2, 0.25) is 0 Å². The lowest BCUT2D eigenvalue weighted by molar-refractivity contribution is 0.262. The lowest BCUT2D eigenvalue weighted by Crippen LogP contribution is -2.19. The van der Waals surface area contributed by atoms with Crippen molar-refractivity contribution >= 4 is 23.1 Å². The predicted molar refractivity (Wildman–Crippen MR) is 83.0 cm³/mol. The van der Waals surface area contributed by atoms with Gasteiger partial charge in [-0.3, -0.25) is 0 Å². The Morgan fingerprint density at radius 1 is 1.00 bits per heavy atom. The third kappa shape index (κ3) is 3.79. The molecule has 0 radical (unpaired) electrons. The topological polar surface area (TPSA) is 85.6 Å². The third-order valence-corrected chi connectivity index (χ3v) is 2.82. The first-order chi connectivity index (χ1) is 10.1. The molecule has 2 rings (SSSR count). The van der Waals surface area contributed by atoms with E-state index in [4.69, 9.17) is 15.2 Å². The Morgan fingerprint density at radius 3 is 2.38 bits per heavy atom. The van der Waals surface area contributed by atoms with E-state index in [-0.39, 0.29) is 6.03 Å². The average molecular weight is 287 g/mol. The van der Waals surface area contributed by atoms with Gasteiger partial charge in [0, 0.05) is 23.5 Å². The highest BCUT2D eigenvalue weighted by Gasteiger charge is 2.06. The van der Waals surface area contributed by atoms with Crippen molar-refractivity contribution in [2.24, 2.45) is 0 Å². The van der Waals surface area contributed by atoms with Gasteiger partial charge >= 0.3 is 6.03 Å². The van der Waals surface area contributed by atoms with Gasteiger partial charge in [0.2, 0.25) is 0 Å². The molecular formula is C15H17N3O3. The number of amides is 2. The molecule has 4 N–H and O–H groups in total. The number of nitrogen functional groups attached to an aromatic ring is 1. The maximum Gasteiger partial charge on any atom is 0.323 e. The van der Waals surface area contributed by atoms with Gasteiger partial charge in [0.25, 0.3) is 0 Å². The van der Waals surface area contributed by atoms with Crippen LogP contribution in [0.15, 0.2) is 42.5 Å². The van der Waals surface area contributed by atoms with Crippen LogP contribution in [-0.2, 0) is 0 Å². The van der Waals surface area contributed by atoms with Crippen LogP contribution < -0.4 is 25.8 Å². The highest BCUT2D eigenvalue weighted by Crippen LogP contribution is 2.25. The van der Waals surface area contributed by atoms with Gasteiger partial charge in [-0.2, -0.15) is 0 Å². The molecule has 2 amide bonds.